The van der Waals surface area contributed by atoms with Crippen molar-refractivity contribution in [2.45, 2.75) is 27.4 Å². The predicted octanol–water partition coefficient (Wildman–Crippen LogP) is 8.08. The first kappa shape index (κ1) is 30.1. The van der Waals surface area contributed by atoms with Crippen LogP contribution in [0.25, 0.3) is 5.69 Å². The number of halogens is 2. The van der Waals surface area contributed by atoms with E-state index in [2.05, 4.69) is 72.9 Å². The minimum Gasteiger partial charge on any atom is -0.486 e. The lowest BCUT2D eigenvalue weighted by atomic mass is 10.1. The van der Waals surface area contributed by atoms with Crippen molar-refractivity contribution in [1.29, 1.82) is 0 Å². The molecule has 10 heteroatoms. The number of aromatic nitrogens is 1. The number of benzene rings is 3. The summed E-state index contributed by atoms with van der Waals surface area (Å²) < 4.78 is 20.6. The molecule has 8 nitrogen and oxygen atoms in total. The minimum atomic E-state index is -0.545. The summed E-state index contributed by atoms with van der Waals surface area (Å²) >= 11 is 6.87. The Kier molecular flexibility index (Phi) is 9.27. The standard InChI is InChI=1S/C33H27Br2N3O5/c1-20-5-4-6-23(15-20)33(40)43-31-24(16-25(34)17-29(31)35)18-36-37-32(39)30-14-13-28(42-30)19-41-27-11-9-26(10-12-27)38-21(2)7-8-22(38)3/h4-18H,19H2,1-3H3,(H,37,39)/b36-18-. The van der Waals surface area contributed by atoms with Gasteiger partial charge in [0.25, 0.3) is 0 Å². The number of carbonyl (C=O) groups excluding carboxylic acids is 2. The van der Waals surface area contributed by atoms with Gasteiger partial charge in [-0.15, -0.1) is 0 Å². The van der Waals surface area contributed by atoms with Crippen molar-refractivity contribution in [2.75, 3.05) is 0 Å². The Hall–Kier alpha value is -4.41. The van der Waals surface area contributed by atoms with E-state index in [0.29, 0.717) is 27.1 Å². The van der Waals surface area contributed by atoms with E-state index in [0.717, 1.165) is 27.1 Å². The van der Waals surface area contributed by atoms with Crippen molar-refractivity contribution in [3.8, 4) is 17.2 Å². The number of hydrogen-bond acceptors (Lipinski definition) is 6. The highest BCUT2D eigenvalue weighted by Gasteiger charge is 2.16. The molecule has 218 valence electrons. The highest BCUT2D eigenvalue weighted by atomic mass is 79.9. The van der Waals surface area contributed by atoms with Crippen LogP contribution in [-0.2, 0) is 6.61 Å². The largest absolute Gasteiger partial charge is 0.486 e. The monoisotopic (exact) mass is 703 g/mol. The van der Waals surface area contributed by atoms with Crippen molar-refractivity contribution in [2.24, 2.45) is 5.10 Å². The number of rotatable bonds is 9. The second kappa shape index (κ2) is 13.3. The van der Waals surface area contributed by atoms with Crippen molar-refractivity contribution in [3.05, 3.63) is 133 Å². The van der Waals surface area contributed by atoms with Gasteiger partial charge in [-0.05, 0) is 109 Å². The van der Waals surface area contributed by atoms with Crippen molar-refractivity contribution < 1.29 is 23.5 Å². The topological polar surface area (TPSA) is 95.1 Å². The molecule has 0 radical (unpaired) electrons. The second-order valence-electron chi connectivity index (χ2n) is 9.76. The molecule has 0 aliphatic heterocycles. The van der Waals surface area contributed by atoms with Crippen LogP contribution in [-0.4, -0.2) is 22.7 Å². The van der Waals surface area contributed by atoms with Crippen molar-refractivity contribution in [1.82, 2.24) is 9.99 Å². The molecule has 0 bridgehead atoms. The molecule has 5 rings (SSSR count). The zero-order valence-electron chi connectivity index (χ0n) is 23.6. The van der Waals surface area contributed by atoms with E-state index in [1.54, 1.807) is 42.5 Å². The third-order valence-corrected chi connectivity index (χ3v) is 7.53. The molecule has 2 heterocycles. The number of nitrogens with one attached hydrogen (secondary N) is 1. The second-order valence-corrected chi connectivity index (χ2v) is 11.5. The van der Waals surface area contributed by atoms with Crippen LogP contribution in [0.15, 0.2) is 103 Å². The van der Waals surface area contributed by atoms with Gasteiger partial charge in [-0.1, -0.05) is 33.6 Å². The normalized spacial score (nSPS) is 11.1. The zero-order valence-corrected chi connectivity index (χ0v) is 26.7. The molecule has 0 saturated carbocycles. The third-order valence-electron chi connectivity index (χ3n) is 6.49. The van der Waals surface area contributed by atoms with Crippen LogP contribution in [0.4, 0.5) is 0 Å². The fourth-order valence-electron chi connectivity index (χ4n) is 4.42. The Labute approximate surface area is 265 Å². The number of hydrogen-bond donors (Lipinski definition) is 1. The summed E-state index contributed by atoms with van der Waals surface area (Å²) in [5.74, 6) is 0.436. The number of nitrogens with zero attached hydrogens (tertiary/aromatic N) is 2. The quantitative estimate of drug-likeness (QED) is 0.0725. The maximum atomic E-state index is 12.8. The maximum absolute atomic E-state index is 12.8. The highest BCUT2D eigenvalue weighted by molar-refractivity contribution is 9.11. The van der Waals surface area contributed by atoms with Gasteiger partial charge in [-0.2, -0.15) is 5.10 Å². The highest BCUT2D eigenvalue weighted by Crippen LogP contribution is 2.33. The smallest absolute Gasteiger partial charge is 0.343 e. The van der Waals surface area contributed by atoms with Gasteiger partial charge < -0.3 is 18.5 Å². The lowest BCUT2D eigenvalue weighted by Crippen LogP contribution is -2.17. The van der Waals surface area contributed by atoms with Gasteiger partial charge in [0.1, 0.15) is 18.1 Å². The molecule has 0 unspecified atom stereocenters. The first-order valence-electron chi connectivity index (χ1n) is 13.3. The van der Waals surface area contributed by atoms with Gasteiger partial charge in [0.2, 0.25) is 0 Å². The zero-order chi connectivity index (χ0) is 30.5. The molecule has 1 N–H and O–H groups in total. The maximum Gasteiger partial charge on any atom is 0.343 e. The molecule has 2 aromatic heterocycles. The predicted molar refractivity (Wildman–Crippen MR) is 171 cm³/mol. The van der Waals surface area contributed by atoms with Gasteiger partial charge in [0, 0.05) is 27.1 Å². The van der Waals surface area contributed by atoms with Crippen LogP contribution >= 0.6 is 31.9 Å². The molecule has 0 spiro atoms. The Morgan fingerprint density at radius 1 is 0.930 bits per heavy atom. The lowest BCUT2D eigenvalue weighted by molar-refractivity contribution is 0.0732. The first-order valence-corrected chi connectivity index (χ1v) is 14.8. The fraction of sp³-hybridized carbons (Fsp3) is 0.121. The molecular formula is C33H27Br2N3O5. The number of amides is 1. The van der Waals surface area contributed by atoms with E-state index in [1.807, 2.05) is 37.3 Å². The average Bonchev–Trinajstić information content (AvgIpc) is 3.60. The summed E-state index contributed by atoms with van der Waals surface area (Å²) in [6, 6.07) is 25.7. The first-order chi connectivity index (χ1) is 20.7. The van der Waals surface area contributed by atoms with Gasteiger partial charge in [0.05, 0.1) is 16.3 Å². The molecule has 5 aromatic rings. The van der Waals surface area contributed by atoms with Crippen LogP contribution in [0.2, 0.25) is 0 Å². The van der Waals surface area contributed by atoms with Gasteiger partial charge >= 0.3 is 11.9 Å². The van der Waals surface area contributed by atoms with E-state index >= 15 is 0 Å². The molecule has 0 aliphatic carbocycles. The van der Waals surface area contributed by atoms with Crippen LogP contribution in [0.3, 0.4) is 0 Å². The number of hydrazone groups is 1. The van der Waals surface area contributed by atoms with E-state index in [4.69, 9.17) is 13.9 Å². The Morgan fingerprint density at radius 2 is 1.67 bits per heavy atom. The minimum absolute atomic E-state index is 0.0752. The third kappa shape index (κ3) is 7.33. The molecular weight excluding hydrogens is 678 g/mol. The average molecular weight is 705 g/mol. The Balaban J connectivity index is 1.20. The summed E-state index contributed by atoms with van der Waals surface area (Å²) in [4.78, 5) is 25.4. The van der Waals surface area contributed by atoms with E-state index in [1.165, 1.54) is 6.21 Å². The number of aryl methyl sites for hydroxylation is 3. The summed E-state index contributed by atoms with van der Waals surface area (Å²) in [5.41, 5.74) is 7.63. The van der Waals surface area contributed by atoms with Crippen LogP contribution < -0.4 is 14.9 Å². The number of ether oxygens (including phenoxy) is 2. The Morgan fingerprint density at radius 3 is 2.40 bits per heavy atom. The molecule has 3 aromatic carbocycles. The SMILES string of the molecule is Cc1cccc(C(=O)Oc2c(Br)cc(Br)cc2/C=N\NC(=O)c2ccc(COc3ccc(-n4c(C)ccc4C)cc3)o2)c1. The summed E-state index contributed by atoms with van der Waals surface area (Å²) in [5, 5.41) is 4.05. The number of esters is 1. The van der Waals surface area contributed by atoms with E-state index in [9.17, 15) is 9.59 Å². The molecule has 0 atom stereocenters. The fourth-order valence-corrected chi connectivity index (χ4v) is 5.76. The summed E-state index contributed by atoms with van der Waals surface area (Å²) in [6.45, 7) is 6.18. The van der Waals surface area contributed by atoms with Crippen LogP contribution in [0.5, 0.6) is 11.5 Å². The van der Waals surface area contributed by atoms with Crippen molar-refractivity contribution >= 4 is 50.0 Å². The van der Waals surface area contributed by atoms with Crippen molar-refractivity contribution in [3.63, 3.8) is 0 Å². The van der Waals surface area contributed by atoms with E-state index in [-0.39, 0.29) is 18.1 Å². The van der Waals surface area contributed by atoms with Crippen LogP contribution in [0.1, 0.15) is 49.2 Å². The van der Waals surface area contributed by atoms with Gasteiger partial charge in [-0.3, -0.25) is 4.79 Å². The summed E-state index contributed by atoms with van der Waals surface area (Å²) in [7, 11) is 0. The molecule has 0 fully saturated rings. The van der Waals surface area contributed by atoms with Gasteiger partial charge in [-0.25, -0.2) is 10.2 Å². The molecule has 0 aliphatic rings. The van der Waals surface area contributed by atoms with E-state index < -0.39 is 11.9 Å². The van der Waals surface area contributed by atoms with Crippen LogP contribution in [0, 0.1) is 20.8 Å². The lowest BCUT2D eigenvalue weighted by Gasteiger charge is -2.11. The summed E-state index contributed by atoms with van der Waals surface area (Å²) in [6.07, 6.45) is 1.39. The Bertz CT molecular complexity index is 1800. The van der Waals surface area contributed by atoms with Gasteiger partial charge in [0.15, 0.2) is 11.5 Å². The number of carbonyl (C=O) groups is 2. The number of furan rings is 1. The molecule has 43 heavy (non-hydrogen) atoms. The molecule has 0 saturated heterocycles. The molecule has 1 amide bonds.